The van der Waals surface area contributed by atoms with Gasteiger partial charge in [0.1, 0.15) is 5.60 Å². The van der Waals surface area contributed by atoms with Crippen LogP contribution in [0.15, 0.2) is 36.5 Å². The molecule has 6 nitrogen and oxygen atoms in total. The number of hydrogen-bond donors (Lipinski definition) is 3. The molecule has 6 heteroatoms. The molecule has 2 rings (SSSR count). The highest BCUT2D eigenvalue weighted by molar-refractivity contribution is 5.67. The predicted octanol–water partition coefficient (Wildman–Crippen LogP) is 2.61. The SMILES string of the molecule is CC(C)(C)OC(=O)NNCc1cn[nH]c1-c1ccccc1. The Labute approximate surface area is 123 Å². The third-order valence-corrected chi connectivity index (χ3v) is 2.65. The third-order valence-electron chi connectivity index (χ3n) is 2.65. The van der Waals surface area contributed by atoms with Gasteiger partial charge >= 0.3 is 6.09 Å². The fourth-order valence-electron chi connectivity index (χ4n) is 1.82. The monoisotopic (exact) mass is 288 g/mol. The normalized spacial score (nSPS) is 11.2. The van der Waals surface area contributed by atoms with Crippen molar-refractivity contribution in [3.8, 4) is 11.3 Å². The minimum atomic E-state index is -0.517. The summed E-state index contributed by atoms with van der Waals surface area (Å²) in [5.41, 5.74) is 7.75. The Hall–Kier alpha value is -2.34. The van der Waals surface area contributed by atoms with Crippen LogP contribution in [0.5, 0.6) is 0 Å². The molecule has 0 saturated carbocycles. The minimum Gasteiger partial charge on any atom is -0.443 e. The smallest absolute Gasteiger partial charge is 0.422 e. The number of ether oxygens (including phenoxy) is 1. The lowest BCUT2D eigenvalue weighted by Crippen LogP contribution is -2.40. The molecule has 112 valence electrons. The highest BCUT2D eigenvalue weighted by Crippen LogP contribution is 2.20. The van der Waals surface area contributed by atoms with E-state index in [1.165, 1.54) is 0 Å². The summed E-state index contributed by atoms with van der Waals surface area (Å²) in [6.45, 7) is 5.89. The lowest BCUT2D eigenvalue weighted by molar-refractivity contribution is 0.0497. The summed E-state index contributed by atoms with van der Waals surface area (Å²) in [5.74, 6) is 0. The van der Waals surface area contributed by atoms with Gasteiger partial charge in [-0.2, -0.15) is 5.10 Å². The second-order valence-corrected chi connectivity index (χ2v) is 5.62. The second-order valence-electron chi connectivity index (χ2n) is 5.62. The predicted molar refractivity (Wildman–Crippen MR) is 80.2 cm³/mol. The number of aromatic amines is 1. The lowest BCUT2D eigenvalue weighted by atomic mass is 10.1. The van der Waals surface area contributed by atoms with Gasteiger partial charge in [-0.05, 0) is 26.3 Å². The summed E-state index contributed by atoms with van der Waals surface area (Å²) in [7, 11) is 0. The van der Waals surface area contributed by atoms with Gasteiger partial charge in [-0.25, -0.2) is 10.2 Å². The van der Waals surface area contributed by atoms with E-state index < -0.39 is 11.7 Å². The number of H-pyrrole nitrogens is 1. The van der Waals surface area contributed by atoms with Gasteiger partial charge in [0.15, 0.2) is 0 Å². The zero-order chi connectivity index (χ0) is 15.3. The van der Waals surface area contributed by atoms with E-state index in [-0.39, 0.29) is 0 Å². The van der Waals surface area contributed by atoms with Gasteiger partial charge in [0, 0.05) is 12.1 Å². The van der Waals surface area contributed by atoms with E-state index in [2.05, 4.69) is 21.0 Å². The molecule has 0 aliphatic heterocycles. The molecule has 0 bridgehead atoms. The molecule has 0 atom stereocenters. The molecule has 0 aliphatic carbocycles. The van der Waals surface area contributed by atoms with Crippen molar-refractivity contribution in [3.05, 3.63) is 42.1 Å². The second kappa shape index (κ2) is 6.41. The Bertz CT molecular complexity index is 587. The van der Waals surface area contributed by atoms with E-state index in [0.29, 0.717) is 6.54 Å². The van der Waals surface area contributed by atoms with E-state index in [1.54, 1.807) is 6.20 Å². The Kier molecular flexibility index (Phi) is 4.59. The average Bonchev–Trinajstić information content (AvgIpc) is 2.86. The standard InChI is InChI=1S/C15H20N4O2/c1-15(2,3)21-14(20)19-17-10-12-9-16-18-13(12)11-7-5-4-6-8-11/h4-9,17H,10H2,1-3H3,(H,16,18)(H,19,20). The molecule has 1 aromatic carbocycles. The van der Waals surface area contributed by atoms with Crippen LogP contribution in [0.25, 0.3) is 11.3 Å². The van der Waals surface area contributed by atoms with Crippen molar-refractivity contribution in [2.75, 3.05) is 0 Å². The largest absolute Gasteiger partial charge is 0.443 e. The summed E-state index contributed by atoms with van der Waals surface area (Å²) in [4.78, 5) is 11.5. The van der Waals surface area contributed by atoms with E-state index in [4.69, 9.17) is 4.74 Å². The first kappa shape index (κ1) is 15.1. The summed E-state index contributed by atoms with van der Waals surface area (Å²) >= 11 is 0. The first-order valence-electron chi connectivity index (χ1n) is 6.75. The number of amides is 1. The van der Waals surface area contributed by atoms with Gasteiger partial charge in [-0.1, -0.05) is 30.3 Å². The average molecular weight is 288 g/mol. The van der Waals surface area contributed by atoms with Crippen molar-refractivity contribution < 1.29 is 9.53 Å². The highest BCUT2D eigenvalue weighted by Gasteiger charge is 2.15. The van der Waals surface area contributed by atoms with Crippen molar-refractivity contribution in [3.63, 3.8) is 0 Å². The fraction of sp³-hybridized carbons (Fsp3) is 0.333. The molecule has 21 heavy (non-hydrogen) atoms. The van der Waals surface area contributed by atoms with Crippen molar-refractivity contribution >= 4 is 6.09 Å². The Morgan fingerprint density at radius 1 is 1.29 bits per heavy atom. The fourth-order valence-corrected chi connectivity index (χ4v) is 1.82. The third kappa shape index (κ3) is 4.61. The number of hydrogen-bond acceptors (Lipinski definition) is 4. The van der Waals surface area contributed by atoms with Crippen LogP contribution in [-0.4, -0.2) is 21.9 Å². The van der Waals surface area contributed by atoms with E-state index in [0.717, 1.165) is 16.8 Å². The van der Waals surface area contributed by atoms with Gasteiger partial charge in [0.2, 0.25) is 0 Å². The number of nitrogens with zero attached hydrogens (tertiary/aromatic N) is 1. The van der Waals surface area contributed by atoms with E-state index in [1.807, 2.05) is 51.1 Å². The summed E-state index contributed by atoms with van der Waals surface area (Å²) in [6.07, 6.45) is 1.22. The zero-order valence-electron chi connectivity index (χ0n) is 12.4. The maximum atomic E-state index is 11.5. The van der Waals surface area contributed by atoms with Gasteiger partial charge in [0.05, 0.1) is 11.9 Å². The molecule has 0 aliphatic rings. The van der Waals surface area contributed by atoms with Crippen LogP contribution >= 0.6 is 0 Å². The first-order chi connectivity index (χ1) is 9.96. The van der Waals surface area contributed by atoms with Gasteiger partial charge in [-0.15, -0.1) is 0 Å². The number of hydrazine groups is 1. The molecule has 0 radical (unpaired) electrons. The number of carbonyl (C=O) groups excluding carboxylic acids is 1. The van der Waals surface area contributed by atoms with Gasteiger partial charge in [0.25, 0.3) is 0 Å². The molecule has 1 amide bonds. The van der Waals surface area contributed by atoms with Crippen LogP contribution in [0.1, 0.15) is 26.3 Å². The van der Waals surface area contributed by atoms with Gasteiger partial charge in [-0.3, -0.25) is 10.5 Å². The maximum absolute atomic E-state index is 11.5. The number of nitrogens with one attached hydrogen (secondary N) is 3. The van der Waals surface area contributed by atoms with Crippen LogP contribution in [0.2, 0.25) is 0 Å². The van der Waals surface area contributed by atoms with Crippen LogP contribution in [-0.2, 0) is 11.3 Å². The number of aromatic nitrogens is 2. The molecule has 0 spiro atoms. The molecule has 2 aromatic rings. The van der Waals surface area contributed by atoms with Crippen LogP contribution < -0.4 is 10.9 Å². The van der Waals surface area contributed by atoms with Gasteiger partial charge < -0.3 is 4.74 Å². The van der Waals surface area contributed by atoms with Crippen LogP contribution in [0.4, 0.5) is 4.79 Å². The number of benzene rings is 1. The Morgan fingerprint density at radius 2 is 2.00 bits per heavy atom. The topological polar surface area (TPSA) is 79.0 Å². The molecule has 0 unspecified atom stereocenters. The van der Waals surface area contributed by atoms with E-state index >= 15 is 0 Å². The molecular formula is C15H20N4O2. The molecule has 0 fully saturated rings. The molecular weight excluding hydrogens is 268 g/mol. The first-order valence-corrected chi connectivity index (χ1v) is 6.75. The Morgan fingerprint density at radius 3 is 2.67 bits per heavy atom. The molecule has 3 N–H and O–H groups in total. The van der Waals surface area contributed by atoms with Crippen molar-refractivity contribution in [2.24, 2.45) is 0 Å². The molecule has 0 saturated heterocycles. The van der Waals surface area contributed by atoms with E-state index in [9.17, 15) is 4.79 Å². The molecule has 1 heterocycles. The number of carbonyl (C=O) groups is 1. The minimum absolute atomic E-state index is 0.444. The van der Waals surface area contributed by atoms with Crippen molar-refractivity contribution in [1.82, 2.24) is 21.0 Å². The lowest BCUT2D eigenvalue weighted by Gasteiger charge is -2.19. The zero-order valence-corrected chi connectivity index (χ0v) is 12.4. The summed E-state index contributed by atoms with van der Waals surface area (Å²) < 4.78 is 5.14. The highest BCUT2D eigenvalue weighted by atomic mass is 16.6. The van der Waals surface area contributed by atoms with Crippen molar-refractivity contribution in [2.45, 2.75) is 32.9 Å². The number of rotatable bonds is 4. The molecule has 1 aromatic heterocycles. The maximum Gasteiger partial charge on any atom is 0.422 e. The summed E-state index contributed by atoms with van der Waals surface area (Å²) in [6, 6.07) is 9.89. The quantitative estimate of drug-likeness (QED) is 0.756. The van der Waals surface area contributed by atoms with Crippen molar-refractivity contribution in [1.29, 1.82) is 0 Å². The summed E-state index contributed by atoms with van der Waals surface area (Å²) in [5, 5.41) is 7.01. The van der Waals surface area contributed by atoms with Crippen LogP contribution in [0.3, 0.4) is 0 Å². The Balaban J connectivity index is 1.91. The van der Waals surface area contributed by atoms with Crippen LogP contribution in [0, 0.1) is 0 Å².